The number of pyridine rings is 1. The molecule has 3 rings (SSSR count). The van der Waals surface area contributed by atoms with E-state index in [2.05, 4.69) is 40.0 Å². The Morgan fingerprint density at radius 3 is 2.48 bits per heavy atom. The third kappa shape index (κ3) is 4.17. The van der Waals surface area contributed by atoms with Gasteiger partial charge in [-0.15, -0.1) is 0 Å². The molecule has 0 bridgehead atoms. The number of nitrogens with zero attached hydrogens (tertiary/aromatic N) is 3. The van der Waals surface area contributed by atoms with Gasteiger partial charge in [-0.25, -0.2) is 0 Å². The van der Waals surface area contributed by atoms with Crippen molar-refractivity contribution in [1.29, 1.82) is 0 Å². The summed E-state index contributed by atoms with van der Waals surface area (Å²) in [6.45, 7) is 11.6. The molecule has 0 atom stereocenters. The Hall–Kier alpha value is -2.40. The summed E-state index contributed by atoms with van der Waals surface area (Å²) in [7, 11) is 0. The maximum absolute atomic E-state index is 12.3. The molecule has 1 fully saturated rings. The maximum Gasteiger partial charge on any atom is 0.257 e. The predicted molar refractivity (Wildman–Crippen MR) is 102 cm³/mol. The van der Waals surface area contributed by atoms with Crippen molar-refractivity contribution in [1.82, 2.24) is 9.88 Å². The highest BCUT2D eigenvalue weighted by Crippen LogP contribution is 2.25. The fourth-order valence-corrected chi connectivity index (χ4v) is 3.20. The van der Waals surface area contributed by atoms with Crippen LogP contribution in [0.15, 0.2) is 36.5 Å². The summed E-state index contributed by atoms with van der Waals surface area (Å²) >= 11 is 0. The van der Waals surface area contributed by atoms with E-state index < -0.39 is 0 Å². The minimum Gasteiger partial charge on any atom is -0.369 e. The van der Waals surface area contributed by atoms with Crippen LogP contribution in [0.3, 0.4) is 0 Å². The van der Waals surface area contributed by atoms with Crippen molar-refractivity contribution < 1.29 is 4.79 Å². The van der Waals surface area contributed by atoms with Crippen LogP contribution in [0.25, 0.3) is 0 Å². The summed E-state index contributed by atoms with van der Waals surface area (Å²) in [5.41, 5.74) is 4.73. The van der Waals surface area contributed by atoms with Gasteiger partial charge in [0.15, 0.2) is 0 Å². The van der Waals surface area contributed by atoms with E-state index in [-0.39, 0.29) is 5.91 Å². The summed E-state index contributed by atoms with van der Waals surface area (Å²) in [5.74, 6) is -0.129. The number of carbonyl (C=O) groups excluding carboxylic acids is 1. The lowest BCUT2D eigenvalue weighted by molar-refractivity contribution is 0.102. The van der Waals surface area contributed by atoms with E-state index in [0.717, 1.165) is 44.1 Å². The Bertz CT molecular complexity index is 734. The van der Waals surface area contributed by atoms with Gasteiger partial charge in [0.05, 0.1) is 5.56 Å². The maximum atomic E-state index is 12.3. The van der Waals surface area contributed by atoms with Gasteiger partial charge in [-0.2, -0.15) is 0 Å². The molecule has 0 aliphatic carbocycles. The van der Waals surface area contributed by atoms with Crippen molar-refractivity contribution in [2.45, 2.75) is 20.8 Å². The zero-order chi connectivity index (χ0) is 17.8. The molecule has 0 spiro atoms. The third-order valence-electron chi connectivity index (χ3n) is 4.79. The Morgan fingerprint density at radius 1 is 1.12 bits per heavy atom. The quantitative estimate of drug-likeness (QED) is 0.931. The molecule has 0 unspecified atom stereocenters. The topological polar surface area (TPSA) is 48.5 Å². The second-order valence-electron chi connectivity index (χ2n) is 6.56. The molecule has 132 valence electrons. The van der Waals surface area contributed by atoms with E-state index in [4.69, 9.17) is 0 Å². The van der Waals surface area contributed by atoms with Gasteiger partial charge in [-0.05, 0) is 56.3 Å². The Morgan fingerprint density at radius 2 is 1.88 bits per heavy atom. The van der Waals surface area contributed by atoms with Crippen molar-refractivity contribution in [3.8, 4) is 0 Å². The lowest BCUT2D eigenvalue weighted by atomic mass is 10.1. The van der Waals surface area contributed by atoms with E-state index in [9.17, 15) is 4.79 Å². The van der Waals surface area contributed by atoms with Crippen molar-refractivity contribution in [3.63, 3.8) is 0 Å². The number of piperazine rings is 1. The SMILES string of the molecule is CCN1CCN(c2ccc(NC(=O)c3ccc(C)nc3)cc2C)CC1. The molecule has 1 aromatic carbocycles. The standard InChI is InChI=1S/C20H26N4O/c1-4-23-9-11-24(12-10-23)19-8-7-18(13-15(19)2)22-20(25)17-6-5-16(3)21-14-17/h5-8,13-14H,4,9-12H2,1-3H3,(H,22,25). The molecule has 5 nitrogen and oxygen atoms in total. The molecule has 2 heterocycles. The zero-order valence-corrected chi connectivity index (χ0v) is 15.2. The lowest BCUT2D eigenvalue weighted by Gasteiger charge is -2.36. The smallest absolute Gasteiger partial charge is 0.257 e. The molecule has 1 saturated heterocycles. The summed E-state index contributed by atoms with van der Waals surface area (Å²) in [6.07, 6.45) is 1.61. The third-order valence-corrected chi connectivity index (χ3v) is 4.79. The Balaban J connectivity index is 1.67. The van der Waals surface area contributed by atoms with Gasteiger partial charge in [0.25, 0.3) is 5.91 Å². The highest BCUT2D eigenvalue weighted by molar-refractivity contribution is 6.04. The summed E-state index contributed by atoms with van der Waals surface area (Å²) < 4.78 is 0. The Labute approximate surface area is 149 Å². The van der Waals surface area contributed by atoms with Crippen LogP contribution < -0.4 is 10.2 Å². The normalized spacial score (nSPS) is 15.2. The van der Waals surface area contributed by atoms with Crippen LogP contribution in [0.1, 0.15) is 28.5 Å². The number of nitrogens with one attached hydrogen (secondary N) is 1. The first-order chi connectivity index (χ1) is 12.1. The second-order valence-corrected chi connectivity index (χ2v) is 6.56. The van der Waals surface area contributed by atoms with Crippen molar-refractivity contribution in [2.75, 3.05) is 42.9 Å². The van der Waals surface area contributed by atoms with Gasteiger partial charge in [-0.3, -0.25) is 9.78 Å². The molecule has 25 heavy (non-hydrogen) atoms. The lowest BCUT2D eigenvalue weighted by Crippen LogP contribution is -2.46. The van der Waals surface area contributed by atoms with E-state index in [1.54, 1.807) is 12.3 Å². The molecule has 2 aromatic rings. The van der Waals surface area contributed by atoms with Gasteiger partial charge >= 0.3 is 0 Å². The van der Waals surface area contributed by atoms with Gasteiger partial charge in [0, 0.05) is 49.4 Å². The first-order valence-electron chi connectivity index (χ1n) is 8.89. The van der Waals surface area contributed by atoms with E-state index >= 15 is 0 Å². The molecule has 0 saturated carbocycles. The fraction of sp³-hybridized carbons (Fsp3) is 0.400. The van der Waals surface area contributed by atoms with Crippen LogP contribution >= 0.6 is 0 Å². The largest absolute Gasteiger partial charge is 0.369 e. The number of carbonyl (C=O) groups is 1. The number of amides is 1. The number of anilines is 2. The van der Waals surface area contributed by atoms with Crippen LogP contribution in [0.5, 0.6) is 0 Å². The van der Waals surface area contributed by atoms with Crippen LogP contribution in [0.2, 0.25) is 0 Å². The zero-order valence-electron chi connectivity index (χ0n) is 15.2. The minimum atomic E-state index is -0.129. The van der Waals surface area contributed by atoms with Crippen molar-refractivity contribution >= 4 is 17.3 Å². The molecule has 1 N–H and O–H groups in total. The number of hydrogen-bond acceptors (Lipinski definition) is 4. The molecule has 1 aliphatic heterocycles. The van der Waals surface area contributed by atoms with E-state index in [1.165, 1.54) is 11.3 Å². The van der Waals surface area contributed by atoms with Crippen molar-refractivity contribution in [3.05, 3.63) is 53.3 Å². The molecule has 5 heteroatoms. The Kier molecular flexibility index (Phi) is 5.34. The van der Waals surface area contributed by atoms with Crippen LogP contribution in [-0.2, 0) is 0 Å². The van der Waals surface area contributed by atoms with E-state index in [1.807, 2.05) is 25.1 Å². The predicted octanol–water partition coefficient (Wildman–Crippen LogP) is 3.09. The number of rotatable bonds is 4. The average molecular weight is 338 g/mol. The molecular formula is C20H26N4O. The fourth-order valence-electron chi connectivity index (χ4n) is 3.20. The van der Waals surface area contributed by atoms with Gasteiger partial charge < -0.3 is 15.1 Å². The minimum absolute atomic E-state index is 0.129. The summed E-state index contributed by atoms with van der Waals surface area (Å²) in [6, 6.07) is 9.78. The van der Waals surface area contributed by atoms with Crippen LogP contribution in [0.4, 0.5) is 11.4 Å². The summed E-state index contributed by atoms with van der Waals surface area (Å²) in [5, 5.41) is 2.96. The number of benzene rings is 1. The monoisotopic (exact) mass is 338 g/mol. The average Bonchev–Trinajstić information content (AvgIpc) is 2.62. The highest BCUT2D eigenvalue weighted by atomic mass is 16.1. The molecular weight excluding hydrogens is 312 g/mol. The van der Waals surface area contributed by atoms with Gasteiger partial charge in [-0.1, -0.05) is 6.92 Å². The summed E-state index contributed by atoms with van der Waals surface area (Å²) in [4.78, 5) is 21.4. The second kappa shape index (κ2) is 7.66. The molecule has 0 radical (unpaired) electrons. The number of likely N-dealkylation sites (N-methyl/N-ethyl adjacent to an activating group) is 1. The van der Waals surface area contributed by atoms with Gasteiger partial charge in [0.2, 0.25) is 0 Å². The molecule has 1 amide bonds. The molecule has 1 aliphatic rings. The first-order valence-corrected chi connectivity index (χ1v) is 8.89. The van der Waals surface area contributed by atoms with E-state index in [0.29, 0.717) is 5.56 Å². The molecule has 1 aromatic heterocycles. The number of aryl methyl sites for hydroxylation is 2. The van der Waals surface area contributed by atoms with Crippen LogP contribution in [0, 0.1) is 13.8 Å². The number of aromatic nitrogens is 1. The first kappa shape index (κ1) is 17.4. The van der Waals surface area contributed by atoms with Crippen molar-refractivity contribution in [2.24, 2.45) is 0 Å². The van der Waals surface area contributed by atoms with Gasteiger partial charge in [0.1, 0.15) is 0 Å². The number of hydrogen-bond donors (Lipinski definition) is 1. The highest BCUT2D eigenvalue weighted by Gasteiger charge is 2.17. The van der Waals surface area contributed by atoms with Crippen LogP contribution in [-0.4, -0.2) is 48.5 Å².